The third-order valence-electron chi connectivity index (χ3n) is 1.62. The molecule has 3 heteroatoms. The van der Waals surface area contributed by atoms with Gasteiger partial charge in [0, 0.05) is 6.42 Å². The van der Waals surface area contributed by atoms with Crippen molar-refractivity contribution in [3.05, 3.63) is 28.8 Å². The van der Waals surface area contributed by atoms with Gasteiger partial charge in [0.25, 0.3) is 0 Å². The molecule has 0 aliphatic heterocycles. The van der Waals surface area contributed by atoms with Gasteiger partial charge in [-0.05, 0) is 24.6 Å². The molecule has 0 aliphatic carbocycles. The maximum absolute atomic E-state index is 10.2. The molecule has 0 bridgehead atoms. The molecule has 0 amide bonds. The minimum atomic E-state index is 0.395. The van der Waals surface area contributed by atoms with E-state index in [1.807, 2.05) is 13.0 Å². The van der Waals surface area contributed by atoms with Crippen molar-refractivity contribution >= 4 is 17.9 Å². The van der Waals surface area contributed by atoms with Crippen molar-refractivity contribution in [1.29, 1.82) is 0 Å². The zero-order valence-electron chi connectivity index (χ0n) is 7.42. The topological polar surface area (TPSA) is 26.3 Å². The molecule has 13 heavy (non-hydrogen) atoms. The second-order valence-electron chi connectivity index (χ2n) is 2.57. The molecule has 0 spiro atoms. The smallest absolute Gasteiger partial charge is 0.137 e. The minimum Gasteiger partial charge on any atom is -0.492 e. The molecule has 0 atom stereocenters. The van der Waals surface area contributed by atoms with E-state index in [4.69, 9.17) is 16.3 Å². The van der Waals surface area contributed by atoms with Gasteiger partial charge in [-0.25, -0.2) is 0 Å². The fourth-order valence-electron chi connectivity index (χ4n) is 1.04. The number of hydrogen-bond donors (Lipinski definition) is 0. The summed E-state index contributed by atoms with van der Waals surface area (Å²) < 4.78 is 5.25. The van der Waals surface area contributed by atoms with Gasteiger partial charge in [0.05, 0.1) is 11.6 Å². The molecule has 0 aromatic heterocycles. The van der Waals surface area contributed by atoms with Gasteiger partial charge >= 0.3 is 0 Å². The summed E-state index contributed by atoms with van der Waals surface area (Å²) in [5.74, 6) is 0.666. The Bertz CT molecular complexity index is 297. The van der Waals surface area contributed by atoms with Crippen LogP contribution in [0.1, 0.15) is 12.5 Å². The SMILES string of the molecule is CCOc1ccc(CC=O)cc1Cl. The van der Waals surface area contributed by atoms with Gasteiger partial charge in [-0.3, -0.25) is 0 Å². The molecular formula is C10H11ClO2. The van der Waals surface area contributed by atoms with E-state index in [1.165, 1.54) is 0 Å². The van der Waals surface area contributed by atoms with E-state index in [2.05, 4.69) is 0 Å². The zero-order chi connectivity index (χ0) is 9.68. The third-order valence-corrected chi connectivity index (χ3v) is 1.91. The summed E-state index contributed by atoms with van der Waals surface area (Å²) in [5, 5.41) is 0.557. The Kier molecular flexibility index (Phi) is 3.77. The summed E-state index contributed by atoms with van der Waals surface area (Å²) in [6, 6.07) is 5.37. The van der Waals surface area contributed by atoms with Crippen LogP contribution in [0.4, 0.5) is 0 Å². The lowest BCUT2D eigenvalue weighted by molar-refractivity contribution is -0.107. The number of rotatable bonds is 4. The van der Waals surface area contributed by atoms with E-state index < -0.39 is 0 Å². The quantitative estimate of drug-likeness (QED) is 0.695. The van der Waals surface area contributed by atoms with E-state index >= 15 is 0 Å². The largest absolute Gasteiger partial charge is 0.492 e. The molecular weight excluding hydrogens is 188 g/mol. The van der Waals surface area contributed by atoms with Gasteiger partial charge in [-0.15, -0.1) is 0 Å². The Labute approximate surface area is 82.5 Å². The first-order chi connectivity index (χ1) is 6.27. The molecule has 1 rings (SSSR count). The van der Waals surface area contributed by atoms with E-state index in [1.54, 1.807) is 12.1 Å². The average molecular weight is 199 g/mol. The lowest BCUT2D eigenvalue weighted by Crippen LogP contribution is -1.93. The summed E-state index contributed by atoms with van der Waals surface area (Å²) >= 11 is 5.90. The predicted octanol–water partition coefficient (Wildman–Crippen LogP) is 2.48. The Hall–Kier alpha value is -1.02. The van der Waals surface area contributed by atoms with Crippen LogP contribution in [0.15, 0.2) is 18.2 Å². The minimum absolute atomic E-state index is 0.395. The molecule has 0 radical (unpaired) electrons. The van der Waals surface area contributed by atoms with Gasteiger partial charge in [-0.2, -0.15) is 0 Å². The molecule has 70 valence electrons. The molecule has 0 fully saturated rings. The van der Waals surface area contributed by atoms with Crippen molar-refractivity contribution in [3.8, 4) is 5.75 Å². The monoisotopic (exact) mass is 198 g/mol. The highest BCUT2D eigenvalue weighted by molar-refractivity contribution is 6.32. The molecule has 0 heterocycles. The molecule has 0 saturated carbocycles. The molecule has 0 aliphatic rings. The van der Waals surface area contributed by atoms with Crippen molar-refractivity contribution in [1.82, 2.24) is 0 Å². The van der Waals surface area contributed by atoms with Gasteiger partial charge in [-0.1, -0.05) is 17.7 Å². The van der Waals surface area contributed by atoms with Crippen LogP contribution in [0, 0.1) is 0 Å². The standard InChI is InChI=1S/C10H11ClO2/c1-2-13-10-4-3-8(5-6-12)7-9(10)11/h3-4,6-7H,2,5H2,1H3. The van der Waals surface area contributed by atoms with Crippen LogP contribution >= 0.6 is 11.6 Å². The van der Waals surface area contributed by atoms with Crippen LogP contribution in [0.2, 0.25) is 5.02 Å². The highest BCUT2D eigenvalue weighted by Gasteiger charge is 2.01. The summed E-state index contributed by atoms with van der Waals surface area (Å²) in [5.41, 5.74) is 0.906. The van der Waals surface area contributed by atoms with Crippen molar-refractivity contribution in [2.75, 3.05) is 6.61 Å². The normalized spacial score (nSPS) is 9.69. The van der Waals surface area contributed by atoms with Gasteiger partial charge in [0.1, 0.15) is 12.0 Å². The lowest BCUT2D eigenvalue weighted by atomic mass is 10.2. The van der Waals surface area contributed by atoms with Crippen LogP contribution in [0.5, 0.6) is 5.75 Å². The Morgan fingerprint density at radius 3 is 2.85 bits per heavy atom. The first-order valence-corrected chi connectivity index (χ1v) is 4.50. The third kappa shape index (κ3) is 2.74. The van der Waals surface area contributed by atoms with Gasteiger partial charge in [0.2, 0.25) is 0 Å². The summed E-state index contributed by atoms with van der Waals surface area (Å²) in [4.78, 5) is 10.2. The van der Waals surface area contributed by atoms with Crippen molar-refractivity contribution in [2.45, 2.75) is 13.3 Å². The molecule has 2 nitrogen and oxygen atoms in total. The van der Waals surface area contributed by atoms with E-state index in [0.29, 0.717) is 23.8 Å². The second-order valence-corrected chi connectivity index (χ2v) is 2.98. The first kappa shape index (κ1) is 10.1. The van der Waals surface area contributed by atoms with Crippen molar-refractivity contribution in [3.63, 3.8) is 0 Å². The fraction of sp³-hybridized carbons (Fsp3) is 0.300. The van der Waals surface area contributed by atoms with Crippen LogP contribution in [-0.4, -0.2) is 12.9 Å². The highest BCUT2D eigenvalue weighted by Crippen LogP contribution is 2.25. The molecule has 0 N–H and O–H groups in total. The van der Waals surface area contributed by atoms with Crippen molar-refractivity contribution < 1.29 is 9.53 Å². The number of ether oxygens (including phenoxy) is 1. The first-order valence-electron chi connectivity index (χ1n) is 4.12. The van der Waals surface area contributed by atoms with Crippen LogP contribution < -0.4 is 4.74 Å². The number of carbonyl (C=O) groups excluding carboxylic acids is 1. The molecule has 0 unspecified atom stereocenters. The number of benzene rings is 1. The van der Waals surface area contributed by atoms with Crippen LogP contribution in [0.25, 0.3) is 0 Å². The maximum atomic E-state index is 10.2. The van der Waals surface area contributed by atoms with Crippen LogP contribution in [0.3, 0.4) is 0 Å². The summed E-state index contributed by atoms with van der Waals surface area (Å²) in [6.07, 6.45) is 1.25. The zero-order valence-corrected chi connectivity index (χ0v) is 8.17. The average Bonchev–Trinajstić information content (AvgIpc) is 2.10. The van der Waals surface area contributed by atoms with Gasteiger partial charge in [0.15, 0.2) is 0 Å². The lowest BCUT2D eigenvalue weighted by Gasteiger charge is -2.05. The number of carbonyl (C=O) groups is 1. The maximum Gasteiger partial charge on any atom is 0.137 e. The van der Waals surface area contributed by atoms with Crippen molar-refractivity contribution in [2.24, 2.45) is 0 Å². The summed E-state index contributed by atoms with van der Waals surface area (Å²) in [6.45, 7) is 2.49. The Morgan fingerprint density at radius 1 is 1.54 bits per heavy atom. The number of halogens is 1. The molecule has 1 aromatic carbocycles. The van der Waals surface area contributed by atoms with E-state index in [-0.39, 0.29) is 0 Å². The number of aldehydes is 1. The fourth-order valence-corrected chi connectivity index (χ4v) is 1.30. The molecule has 0 saturated heterocycles. The Morgan fingerprint density at radius 2 is 2.31 bits per heavy atom. The number of hydrogen-bond acceptors (Lipinski definition) is 2. The Balaban J connectivity index is 2.84. The van der Waals surface area contributed by atoms with Gasteiger partial charge < -0.3 is 9.53 Å². The second kappa shape index (κ2) is 4.87. The predicted molar refractivity (Wildman–Crippen MR) is 52.4 cm³/mol. The van der Waals surface area contributed by atoms with Crippen LogP contribution in [-0.2, 0) is 11.2 Å². The summed E-state index contributed by atoms with van der Waals surface area (Å²) in [7, 11) is 0. The van der Waals surface area contributed by atoms with E-state index in [9.17, 15) is 4.79 Å². The van der Waals surface area contributed by atoms with E-state index in [0.717, 1.165) is 11.8 Å². The highest BCUT2D eigenvalue weighted by atomic mass is 35.5. The molecule has 1 aromatic rings.